The highest BCUT2D eigenvalue weighted by atomic mass is 35.5. The number of piperidine rings is 1. The van der Waals surface area contributed by atoms with Gasteiger partial charge in [-0.05, 0) is 67.5 Å². The molecular formula is C28H33ClFN3O4. The van der Waals surface area contributed by atoms with Crippen LogP contribution < -0.4 is 4.90 Å². The van der Waals surface area contributed by atoms with Crippen LogP contribution in [-0.4, -0.2) is 74.5 Å². The van der Waals surface area contributed by atoms with Crippen molar-refractivity contribution in [3.63, 3.8) is 0 Å². The van der Waals surface area contributed by atoms with Gasteiger partial charge in [-0.25, -0.2) is 4.39 Å². The summed E-state index contributed by atoms with van der Waals surface area (Å²) < 4.78 is 18.8. The van der Waals surface area contributed by atoms with Crippen LogP contribution >= 0.6 is 11.6 Å². The summed E-state index contributed by atoms with van der Waals surface area (Å²) in [5.41, 5.74) is 2.76. The van der Waals surface area contributed by atoms with Crippen molar-refractivity contribution < 1.29 is 23.5 Å². The minimum atomic E-state index is -0.699. The van der Waals surface area contributed by atoms with Crippen molar-refractivity contribution in [2.75, 3.05) is 52.0 Å². The Morgan fingerprint density at radius 1 is 1.11 bits per heavy atom. The van der Waals surface area contributed by atoms with Crippen molar-refractivity contribution in [2.24, 2.45) is 5.92 Å². The van der Waals surface area contributed by atoms with Gasteiger partial charge in [0.15, 0.2) is 0 Å². The lowest BCUT2D eigenvalue weighted by molar-refractivity contribution is -0.143. The zero-order valence-electron chi connectivity index (χ0n) is 21.5. The number of ether oxygens (including phenoxy) is 1. The number of benzene rings is 2. The second kappa shape index (κ2) is 11.6. The highest BCUT2D eigenvalue weighted by Gasteiger charge is 2.39. The number of amides is 2. The number of carbonyl (C=O) groups is 3. The van der Waals surface area contributed by atoms with Crippen molar-refractivity contribution in [1.29, 1.82) is 0 Å². The van der Waals surface area contributed by atoms with Crippen molar-refractivity contribution >= 4 is 34.9 Å². The summed E-state index contributed by atoms with van der Waals surface area (Å²) in [5, 5.41) is 0.311. The fourth-order valence-electron chi connectivity index (χ4n) is 5.10. The second-order valence-electron chi connectivity index (χ2n) is 9.92. The largest absolute Gasteiger partial charge is 0.361 e. The van der Waals surface area contributed by atoms with Crippen molar-refractivity contribution in [1.82, 2.24) is 9.80 Å². The summed E-state index contributed by atoms with van der Waals surface area (Å²) in [4.78, 5) is 44.0. The van der Waals surface area contributed by atoms with E-state index >= 15 is 0 Å². The number of anilines is 1. The standard InChI is InChI=1S/C28H33ClFN3O4/c1-4-37-17-33-16-23(26(34)28(36)31(2)3)21-14-22(24(29)15-25(21)33)27(35)32-11-9-19(10-12-32)13-18-5-7-20(30)8-6-18/h5-8,14-15,19,23H,4,9-13,16-17H2,1-3H3. The van der Waals surface area contributed by atoms with E-state index in [0.717, 1.165) is 24.8 Å². The van der Waals surface area contributed by atoms with E-state index in [4.69, 9.17) is 16.3 Å². The van der Waals surface area contributed by atoms with Crippen LogP contribution in [0.4, 0.5) is 10.1 Å². The van der Waals surface area contributed by atoms with E-state index in [1.807, 2.05) is 24.0 Å². The molecule has 9 heteroatoms. The molecule has 2 aromatic carbocycles. The third-order valence-corrected chi connectivity index (χ3v) is 7.50. The lowest BCUT2D eigenvalue weighted by atomic mass is 9.89. The molecule has 7 nitrogen and oxygen atoms in total. The van der Waals surface area contributed by atoms with E-state index in [9.17, 15) is 18.8 Å². The number of carbonyl (C=O) groups excluding carboxylic acids is 3. The maximum atomic E-state index is 13.5. The van der Waals surface area contributed by atoms with Gasteiger partial charge in [-0.2, -0.15) is 0 Å². The second-order valence-corrected chi connectivity index (χ2v) is 10.3. The number of likely N-dealkylation sites (tertiary alicyclic amines) is 1. The number of nitrogens with zero attached hydrogens (tertiary/aromatic N) is 3. The first kappa shape index (κ1) is 27.1. The monoisotopic (exact) mass is 529 g/mol. The Kier molecular flexibility index (Phi) is 8.49. The predicted octanol–water partition coefficient (Wildman–Crippen LogP) is 4.13. The SMILES string of the molecule is CCOCN1CC(C(=O)C(=O)N(C)C)c2cc(C(=O)N3CCC(Cc4ccc(F)cc4)CC3)c(Cl)cc21. The number of rotatable bonds is 8. The van der Waals surface area contributed by atoms with Gasteiger partial charge in [0.1, 0.15) is 12.5 Å². The first-order valence-electron chi connectivity index (χ1n) is 12.6. The molecule has 0 aromatic heterocycles. The summed E-state index contributed by atoms with van der Waals surface area (Å²) in [6.45, 7) is 4.12. The molecule has 2 heterocycles. The molecule has 2 amide bonds. The van der Waals surface area contributed by atoms with Gasteiger partial charge in [0.25, 0.3) is 11.8 Å². The molecule has 0 spiro atoms. The molecule has 1 atom stereocenters. The van der Waals surface area contributed by atoms with Crippen LogP contribution in [0.25, 0.3) is 0 Å². The molecule has 1 saturated heterocycles. The van der Waals surface area contributed by atoms with Crippen molar-refractivity contribution in [3.8, 4) is 0 Å². The summed E-state index contributed by atoms with van der Waals surface area (Å²) in [6.07, 6.45) is 2.53. The van der Waals surface area contributed by atoms with Crippen LogP contribution in [0.3, 0.4) is 0 Å². The Morgan fingerprint density at radius 3 is 2.41 bits per heavy atom. The molecule has 37 heavy (non-hydrogen) atoms. The van der Waals surface area contributed by atoms with Gasteiger partial charge in [-0.3, -0.25) is 14.4 Å². The van der Waals surface area contributed by atoms with E-state index < -0.39 is 17.6 Å². The molecule has 0 saturated carbocycles. The van der Waals surface area contributed by atoms with Crippen LogP contribution in [0.1, 0.15) is 47.2 Å². The summed E-state index contributed by atoms with van der Waals surface area (Å²) in [5.74, 6) is -1.81. The molecule has 0 aliphatic carbocycles. The molecule has 0 N–H and O–H groups in total. The highest BCUT2D eigenvalue weighted by Crippen LogP contribution is 2.41. The summed E-state index contributed by atoms with van der Waals surface area (Å²) in [6, 6.07) is 9.96. The quantitative estimate of drug-likeness (QED) is 0.481. The van der Waals surface area contributed by atoms with Gasteiger partial charge in [0.05, 0.1) is 16.5 Å². The first-order valence-corrected chi connectivity index (χ1v) is 13.0. The fraction of sp³-hybridized carbons (Fsp3) is 0.464. The molecule has 2 aliphatic rings. The minimum Gasteiger partial charge on any atom is -0.361 e. The van der Waals surface area contributed by atoms with Crippen LogP contribution in [0, 0.1) is 11.7 Å². The predicted molar refractivity (Wildman–Crippen MR) is 140 cm³/mol. The topological polar surface area (TPSA) is 70.2 Å². The Balaban J connectivity index is 1.51. The maximum Gasteiger partial charge on any atom is 0.290 e. The third kappa shape index (κ3) is 5.96. The van der Waals surface area contributed by atoms with E-state index in [1.165, 1.54) is 17.0 Å². The van der Waals surface area contributed by atoms with E-state index in [2.05, 4.69) is 0 Å². The number of halogens is 2. The van der Waals surface area contributed by atoms with Gasteiger partial charge in [0.2, 0.25) is 5.78 Å². The molecule has 2 aliphatic heterocycles. The van der Waals surface area contributed by atoms with Gasteiger partial charge in [-0.15, -0.1) is 0 Å². The Bertz CT molecular complexity index is 1160. The van der Waals surface area contributed by atoms with Crippen LogP contribution in [0.5, 0.6) is 0 Å². The third-order valence-electron chi connectivity index (χ3n) is 7.19. The average molecular weight is 530 g/mol. The number of likely N-dealkylation sites (N-methyl/N-ethyl adjacent to an activating group) is 1. The minimum absolute atomic E-state index is 0.179. The number of fused-ring (bicyclic) bond motifs is 1. The Morgan fingerprint density at radius 2 is 1.78 bits per heavy atom. The molecule has 4 rings (SSSR count). The molecular weight excluding hydrogens is 497 g/mol. The van der Waals surface area contributed by atoms with Crippen molar-refractivity contribution in [3.05, 3.63) is 63.9 Å². The van der Waals surface area contributed by atoms with Crippen LogP contribution in [0.15, 0.2) is 36.4 Å². The fourth-order valence-corrected chi connectivity index (χ4v) is 5.33. The zero-order chi connectivity index (χ0) is 26.7. The van der Waals surface area contributed by atoms with Crippen LogP contribution in [-0.2, 0) is 20.7 Å². The van der Waals surface area contributed by atoms with Gasteiger partial charge >= 0.3 is 0 Å². The average Bonchev–Trinajstić information content (AvgIpc) is 3.24. The Hall–Kier alpha value is -2.97. The van der Waals surface area contributed by atoms with Crippen LogP contribution in [0.2, 0.25) is 5.02 Å². The lowest BCUT2D eigenvalue weighted by Crippen LogP contribution is -2.39. The lowest BCUT2D eigenvalue weighted by Gasteiger charge is -2.32. The zero-order valence-corrected chi connectivity index (χ0v) is 22.3. The summed E-state index contributed by atoms with van der Waals surface area (Å²) in [7, 11) is 3.09. The molecule has 1 unspecified atom stereocenters. The van der Waals surface area contributed by atoms with Gasteiger partial charge in [-0.1, -0.05) is 23.7 Å². The first-order chi connectivity index (χ1) is 17.7. The molecule has 2 aromatic rings. The van der Waals surface area contributed by atoms with E-state index in [-0.39, 0.29) is 25.0 Å². The molecule has 0 bridgehead atoms. The number of hydrogen-bond acceptors (Lipinski definition) is 5. The smallest absolute Gasteiger partial charge is 0.290 e. The van der Waals surface area contributed by atoms with E-state index in [1.54, 1.807) is 31.1 Å². The molecule has 198 valence electrons. The van der Waals surface area contributed by atoms with Gasteiger partial charge < -0.3 is 19.4 Å². The van der Waals surface area contributed by atoms with Gasteiger partial charge in [0, 0.05) is 46.0 Å². The summed E-state index contributed by atoms with van der Waals surface area (Å²) >= 11 is 6.60. The number of ketones is 1. The Labute approximate surface area is 222 Å². The normalized spacial score (nSPS) is 17.6. The molecule has 1 fully saturated rings. The molecule has 0 radical (unpaired) electrons. The highest BCUT2D eigenvalue weighted by molar-refractivity contribution is 6.39. The maximum absolute atomic E-state index is 13.5. The van der Waals surface area contributed by atoms with Crippen molar-refractivity contribution in [2.45, 2.75) is 32.1 Å². The number of Topliss-reactive ketones (excluding diaryl/α,β-unsaturated/α-hetero) is 1. The van der Waals surface area contributed by atoms with E-state index in [0.29, 0.717) is 47.5 Å². The number of hydrogen-bond donors (Lipinski definition) is 0.